The summed E-state index contributed by atoms with van der Waals surface area (Å²) in [5.74, 6) is -1.75. The van der Waals surface area contributed by atoms with E-state index in [0.29, 0.717) is 29.8 Å². The van der Waals surface area contributed by atoms with E-state index in [9.17, 15) is 13.6 Å². The third-order valence-electron chi connectivity index (χ3n) is 3.96. The van der Waals surface area contributed by atoms with Gasteiger partial charge in [-0.05, 0) is 38.8 Å². The summed E-state index contributed by atoms with van der Waals surface area (Å²) in [6.07, 6.45) is 1.15. The predicted molar refractivity (Wildman–Crippen MR) is 86.2 cm³/mol. The van der Waals surface area contributed by atoms with Gasteiger partial charge < -0.3 is 10.4 Å². The Morgan fingerprint density at radius 1 is 1.38 bits per heavy atom. The molecule has 5 nitrogen and oxygen atoms in total. The minimum absolute atomic E-state index is 0.0171. The first-order chi connectivity index (χ1) is 11.4. The van der Waals surface area contributed by atoms with Crippen molar-refractivity contribution in [2.75, 3.05) is 6.61 Å². The molecule has 1 atom stereocenters. The quantitative estimate of drug-likeness (QED) is 0.852. The highest BCUT2D eigenvalue weighted by Crippen LogP contribution is 2.21. The Morgan fingerprint density at radius 3 is 2.67 bits per heavy atom. The Labute approximate surface area is 139 Å². The minimum Gasteiger partial charge on any atom is -0.396 e. The maximum Gasteiger partial charge on any atom is 0.255 e. The van der Waals surface area contributed by atoms with Crippen molar-refractivity contribution in [1.29, 1.82) is 0 Å². The van der Waals surface area contributed by atoms with E-state index >= 15 is 0 Å². The Hall–Kier alpha value is -2.28. The Morgan fingerprint density at radius 2 is 2.08 bits per heavy atom. The summed E-state index contributed by atoms with van der Waals surface area (Å²) in [6.45, 7) is 5.21. The number of nitrogens with one attached hydrogen (secondary N) is 1. The molecule has 0 saturated heterocycles. The Kier molecular flexibility index (Phi) is 5.66. The highest BCUT2D eigenvalue weighted by atomic mass is 19.1. The lowest BCUT2D eigenvalue weighted by atomic mass is 10.1. The number of aliphatic hydroxyl groups is 1. The van der Waals surface area contributed by atoms with Crippen LogP contribution in [0.3, 0.4) is 0 Å². The maximum atomic E-state index is 14.0. The number of benzene rings is 1. The molecule has 2 N–H and O–H groups in total. The zero-order chi connectivity index (χ0) is 17.9. The second-order valence-electron chi connectivity index (χ2n) is 5.64. The smallest absolute Gasteiger partial charge is 0.255 e. The molecule has 7 heteroatoms. The van der Waals surface area contributed by atoms with E-state index in [1.54, 1.807) is 13.8 Å². The summed E-state index contributed by atoms with van der Waals surface area (Å²) in [4.78, 5) is 12.5. The topological polar surface area (TPSA) is 67.2 Å². The number of hydrogen-bond donors (Lipinski definition) is 2. The molecule has 130 valence electrons. The zero-order valence-electron chi connectivity index (χ0n) is 13.9. The number of carbonyl (C=O) groups is 1. The van der Waals surface area contributed by atoms with Gasteiger partial charge in [0.05, 0.1) is 17.0 Å². The molecule has 1 heterocycles. The molecule has 0 bridgehead atoms. The van der Waals surface area contributed by atoms with Crippen molar-refractivity contribution in [2.24, 2.45) is 0 Å². The van der Waals surface area contributed by atoms with Gasteiger partial charge in [0.1, 0.15) is 11.5 Å². The minimum atomic E-state index is -0.751. The molecule has 0 aliphatic rings. The van der Waals surface area contributed by atoms with Crippen LogP contribution in [0.5, 0.6) is 0 Å². The normalized spacial score (nSPS) is 12.2. The SMILES string of the molecule is CCC(CCO)NC(=O)c1c(C)nn(-c2ccc(F)cc2F)c1C. The van der Waals surface area contributed by atoms with Crippen molar-refractivity contribution in [2.45, 2.75) is 39.7 Å². The van der Waals surface area contributed by atoms with Crippen LogP contribution in [-0.2, 0) is 0 Å². The van der Waals surface area contributed by atoms with Gasteiger partial charge in [-0.3, -0.25) is 4.79 Å². The molecule has 0 saturated carbocycles. The lowest BCUT2D eigenvalue weighted by Crippen LogP contribution is -2.35. The molecule has 0 radical (unpaired) electrons. The van der Waals surface area contributed by atoms with E-state index in [1.165, 1.54) is 10.7 Å². The molecule has 2 aromatic rings. The molecule has 0 spiro atoms. The van der Waals surface area contributed by atoms with Crippen LogP contribution >= 0.6 is 0 Å². The van der Waals surface area contributed by atoms with E-state index < -0.39 is 11.6 Å². The molecule has 0 aliphatic heterocycles. The number of hydrogen-bond acceptors (Lipinski definition) is 3. The van der Waals surface area contributed by atoms with Crippen LogP contribution in [0, 0.1) is 25.5 Å². The van der Waals surface area contributed by atoms with Gasteiger partial charge in [0.2, 0.25) is 0 Å². The van der Waals surface area contributed by atoms with Gasteiger partial charge >= 0.3 is 0 Å². The molecule has 2 rings (SSSR count). The largest absolute Gasteiger partial charge is 0.396 e. The summed E-state index contributed by atoms with van der Waals surface area (Å²) >= 11 is 0. The number of aromatic nitrogens is 2. The first-order valence-corrected chi connectivity index (χ1v) is 7.82. The number of halogens is 2. The van der Waals surface area contributed by atoms with Crippen LogP contribution in [0.4, 0.5) is 8.78 Å². The van der Waals surface area contributed by atoms with Crippen LogP contribution in [0.1, 0.15) is 41.5 Å². The van der Waals surface area contributed by atoms with Crippen molar-refractivity contribution >= 4 is 5.91 Å². The number of amides is 1. The lowest BCUT2D eigenvalue weighted by molar-refractivity contribution is 0.0928. The molecule has 1 aromatic heterocycles. The predicted octanol–water partition coefficient (Wildman–Crippen LogP) is 2.66. The number of aryl methyl sites for hydroxylation is 1. The van der Waals surface area contributed by atoms with Crippen LogP contribution < -0.4 is 5.32 Å². The second kappa shape index (κ2) is 7.53. The molecule has 24 heavy (non-hydrogen) atoms. The molecule has 0 aliphatic carbocycles. The molecular weight excluding hydrogens is 316 g/mol. The van der Waals surface area contributed by atoms with Gasteiger partial charge in [0.15, 0.2) is 5.82 Å². The molecular formula is C17H21F2N3O2. The third kappa shape index (κ3) is 3.62. The Balaban J connectivity index is 2.37. The first-order valence-electron chi connectivity index (χ1n) is 7.82. The summed E-state index contributed by atoms with van der Waals surface area (Å²) in [7, 11) is 0. The number of aliphatic hydroxyl groups excluding tert-OH is 1. The van der Waals surface area contributed by atoms with Crippen molar-refractivity contribution in [3.63, 3.8) is 0 Å². The van der Waals surface area contributed by atoms with Gasteiger partial charge in [-0.15, -0.1) is 0 Å². The van der Waals surface area contributed by atoms with E-state index in [4.69, 9.17) is 5.11 Å². The van der Waals surface area contributed by atoms with Gasteiger partial charge in [0.25, 0.3) is 5.91 Å². The van der Waals surface area contributed by atoms with Crippen molar-refractivity contribution in [3.8, 4) is 5.69 Å². The zero-order valence-corrected chi connectivity index (χ0v) is 13.9. The number of carbonyl (C=O) groups excluding carboxylic acids is 1. The fourth-order valence-corrected chi connectivity index (χ4v) is 2.65. The van der Waals surface area contributed by atoms with E-state index in [-0.39, 0.29) is 24.2 Å². The number of nitrogens with zero attached hydrogens (tertiary/aromatic N) is 2. The summed E-state index contributed by atoms with van der Waals surface area (Å²) in [6, 6.07) is 3.06. The van der Waals surface area contributed by atoms with Crippen LogP contribution in [0.2, 0.25) is 0 Å². The van der Waals surface area contributed by atoms with Crippen molar-refractivity contribution in [1.82, 2.24) is 15.1 Å². The van der Waals surface area contributed by atoms with E-state index in [1.807, 2.05) is 6.92 Å². The second-order valence-corrected chi connectivity index (χ2v) is 5.64. The van der Waals surface area contributed by atoms with E-state index in [2.05, 4.69) is 10.4 Å². The van der Waals surface area contributed by atoms with Gasteiger partial charge in [-0.1, -0.05) is 6.92 Å². The summed E-state index contributed by atoms with van der Waals surface area (Å²) < 4.78 is 28.4. The van der Waals surface area contributed by atoms with Gasteiger partial charge in [-0.25, -0.2) is 13.5 Å². The van der Waals surface area contributed by atoms with Gasteiger partial charge in [0, 0.05) is 18.7 Å². The molecule has 1 unspecified atom stereocenters. The van der Waals surface area contributed by atoms with Crippen molar-refractivity contribution < 1.29 is 18.7 Å². The highest BCUT2D eigenvalue weighted by molar-refractivity contribution is 5.96. The van der Waals surface area contributed by atoms with Crippen LogP contribution in [0.25, 0.3) is 5.69 Å². The van der Waals surface area contributed by atoms with Crippen LogP contribution in [0.15, 0.2) is 18.2 Å². The molecule has 0 fully saturated rings. The first kappa shape index (κ1) is 18.1. The van der Waals surface area contributed by atoms with Crippen LogP contribution in [-0.4, -0.2) is 33.4 Å². The summed E-state index contributed by atoms with van der Waals surface area (Å²) in [5.41, 5.74) is 1.36. The van der Waals surface area contributed by atoms with Gasteiger partial charge in [-0.2, -0.15) is 5.10 Å². The highest BCUT2D eigenvalue weighted by Gasteiger charge is 2.22. The van der Waals surface area contributed by atoms with E-state index in [0.717, 1.165) is 12.1 Å². The average Bonchev–Trinajstić information content (AvgIpc) is 2.81. The Bertz CT molecular complexity index is 744. The lowest BCUT2D eigenvalue weighted by Gasteiger charge is -2.15. The fourth-order valence-electron chi connectivity index (χ4n) is 2.65. The molecule has 1 aromatic carbocycles. The number of rotatable bonds is 6. The standard InChI is InChI=1S/C17H21F2N3O2/c1-4-13(7-8-23)20-17(24)16-10(2)21-22(11(16)3)15-6-5-12(18)9-14(15)19/h5-6,9,13,23H,4,7-8H2,1-3H3,(H,20,24). The third-order valence-corrected chi connectivity index (χ3v) is 3.96. The van der Waals surface area contributed by atoms with Crippen molar-refractivity contribution in [3.05, 3.63) is 46.8 Å². The fraction of sp³-hybridized carbons (Fsp3) is 0.412. The maximum absolute atomic E-state index is 14.0. The average molecular weight is 337 g/mol. The monoisotopic (exact) mass is 337 g/mol. The molecule has 1 amide bonds. The summed E-state index contributed by atoms with van der Waals surface area (Å²) in [5, 5.41) is 16.1.